The molecule has 0 fully saturated rings. The van der Waals surface area contributed by atoms with E-state index in [1.54, 1.807) is 25.8 Å². The monoisotopic (exact) mass is 225 g/mol. The van der Waals surface area contributed by atoms with E-state index in [4.69, 9.17) is 0 Å². The molecule has 16 heavy (non-hydrogen) atoms. The highest BCUT2D eigenvalue weighted by Crippen LogP contribution is 2.10. The summed E-state index contributed by atoms with van der Waals surface area (Å²) >= 11 is 0. The highest BCUT2D eigenvalue weighted by molar-refractivity contribution is 5.36. The number of anilines is 1. The van der Waals surface area contributed by atoms with E-state index in [9.17, 15) is 9.90 Å². The van der Waals surface area contributed by atoms with Gasteiger partial charge in [0.05, 0.1) is 5.60 Å². The molecule has 0 spiro atoms. The lowest BCUT2D eigenvalue weighted by Gasteiger charge is -2.26. The van der Waals surface area contributed by atoms with Crippen LogP contribution in [-0.4, -0.2) is 34.3 Å². The Morgan fingerprint density at radius 3 is 2.69 bits per heavy atom. The maximum absolute atomic E-state index is 11.4. The highest BCUT2D eigenvalue weighted by atomic mass is 16.3. The molecule has 0 aliphatic heterocycles. The molecule has 1 rings (SSSR count). The van der Waals surface area contributed by atoms with Gasteiger partial charge in [-0.15, -0.1) is 0 Å². The van der Waals surface area contributed by atoms with E-state index in [0.29, 0.717) is 24.6 Å². The number of hydrogen-bond acceptors (Lipinski definition) is 4. The van der Waals surface area contributed by atoms with Crippen molar-refractivity contribution in [1.29, 1.82) is 0 Å². The number of aryl methyl sites for hydroxylation is 1. The van der Waals surface area contributed by atoms with Gasteiger partial charge in [-0.25, -0.2) is 4.98 Å². The third-order valence-corrected chi connectivity index (χ3v) is 2.13. The molecule has 5 heteroatoms. The van der Waals surface area contributed by atoms with Crippen LogP contribution in [0.5, 0.6) is 0 Å². The predicted molar refractivity (Wildman–Crippen MR) is 63.8 cm³/mol. The van der Waals surface area contributed by atoms with Gasteiger partial charge in [0.2, 0.25) is 0 Å². The second kappa shape index (κ2) is 4.65. The van der Waals surface area contributed by atoms with Crippen LogP contribution in [0, 0.1) is 0 Å². The standard InChI is InChI=1S/C11H19N3O2/c1-5-8-12-9(6-10(15)13-8)14(4)7-11(2,3)16/h6,16H,5,7H2,1-4H3,(H,12,13,15). The number of likely N-dealkylation sites (N-methyl/N-ethyl adjacent to an activating group) is 1. The Bertz CT molecular complexity index is 406. The van der Waals surface area contributed by atoms with Crippen molar-refractivity contribution in [1.82, 2.24) is 9.97 Å². The Morgan fingerprint density at radius 1 is 1.56 bits per heavy atom. The predicted octanol–water partition coefficient (Wildman–Crippen LogP) is 0.539. The summed E-state index contributed by atoms with van der Waals surface area (Å²) in [5.41, 5.74) is -0.977. The summed E-state index contributed by atoms with van der Waals surface area (Å²) in [6.45, 7) is 5.79. The fourth-order valence-electron chi connectivity index (χ4n) is 1.52. The third kappa shape index (κ3) is 3.66. The van der Waals surface area contributed by atoms with Crippen molar-refractivity contribution in [3.63, 3.8) is 0 Å². The average molecular weight is 225 g/mol. The molecule has 1 heterocycles. The van der Waals surface area contributed by atoms with E-state index in [0.717, 1.165) is 0 Å². The first-order chi connectivity index (χ1) is 7.31. The normalized spacial score (nSPS) is 11.6. The van der Waals surface area contributed by atoms with E-state index in [1.165, 1.54) is 6.07 Å². The first-order valence-electron chi connectivity index (χ1n) is 5.35. The zero-order chi connectivity index (χ0) is 12.3. The van der Waals surface area contributed by atoms with Gasteiger partial charge in [-0.2, -0.15) is 0 Å². The van der Waals surface area contributed by atoms with Gasteiger partial charge in [0.15, 0.2) is 0 Å². The third-order valence-electron chi connectivity index (χ3n) is 2.13. The van der Waals surface area contributed by atoms with Crippen molar-refractivity contribution in [2.75, 3.05) is 18.5 Å². The van der Waals surface area contributed by atoms with E-state index in [2.05, 4.69) is 9.97 Å². The molecule has 0 radical (unpaired) electrons. The maximum atomic E-state index is 11.4. The molecule has 0 saturated heterocycles. The second-order valence-corrected chi connectivity index (χ2v) is 4.57. The van der Waals surface area contributed by atoms with Gasteiger partial charge in [-0.1, -0.05) is 6.92 Å². The Kier molecular flexibility index (Phi) is 3.70. The van der Waals surface area contributed by atoms with Crippen LogP contribution in [0.3, 0.4) is 0 Å². The fraction of sp³-hybridized carbons (Fsp3) is 0.636. The molecule has 0 unspecified atom stereocenters. The lowest BCUT2D eigenvalue weighted by Crippen LogP contribution is -2.37. The van der Waals surface area contributed by atoms with Crippen LogP contribution in [0.15, 0.2) is 10.9 Å². The fourth-order valence-corrected chi connectivity index (χ4v) is 1.52. The first-order valence-corrected chi connectivity index (χ1v) is 5.35. The Labute approximate surface area is 95.1 Å². The number of aromatic amines is 1. The van der Waals surface area contributed by atoms with Crippen molar-refractivity contribution in [3.05, 3.63) is 22.2 Å². The van der Waals surface area contributed by atoms with Crippen molar-refractivity contribution in [2.45, 2.75) is 32.8 Å². The van der Waals surface area contributed by atoms with Gasteiger partial charge >= 0.3 is 0 Å². The van der Waals surface area contributed by atoms with Gasteiger partial charge in [-0.3, -0.25) is 4.79 Å². The summed E-state index contributed by atoms with van der Waals surface area (Å²) in [6.07, 6.45) is 0.680. The second-order valence-electron chi connectivity index (χ2n) is 4.57. The molecule has 2 N–H and O–H groups in total. The molecule has 5 nitrogen and oxygen atoms in total. The zero-order valence-corrected chi connectivity index (χ0v) is 10.2. The smallest absolute Gasteiger partial charge is 0.252 e. The van der Waals surface area contributed by atoms with Crippen LogP contribution in [-0.2, 0) is 6.42 Å². The molecule has 0 aliphatic rings. The van der Waals surface area contributed by atoms with Crippen LogP contribution in [0.4, 0.5) is 5.82 Å². The molecule has 0 aliphatic carbocycles. The van der Waals surface area contributed by atoms with Crippen LogP contribution in [0.25, 0.3) is 0 Å². The Hall–Kier alpha value is -1.36. The molecule has 0 bridgehead atoms. The number of aliphatic hydroxyl groups is 1. The lowest BCUT2D eigenvalue weighted by molar-refractivity contribution is 0.0884. The first kappa shape index (κ1) is 12.7. The van der Waals surface area contributed by atoms with Gasteiger partial charge in [-0.05, 0) is 13.8 Å². The van der Waals surface area contributed by atoms with Crippen LogP contribution < -0.4 is 10.5 Å². The molecular formula is C11H19N3O2. The largest absolute Gasteiger partial charge is 0.389 e. The molecule has 0 amide bonds. The topological polar surface area (TPSA) is 69.2 Å². The summed E-state index contributed by atoms with van der Waals surface area (Å²) in [7, 11) is 1.80. The molecule has 1 aromatic rings. The van der Waals surface area contributed by atoms with Crippen molar-refractivity contribution in [2.24, 2.45) is 0 Å². The van der Waals surface area contributed by atoms with Gasteiger partial charge in [0.1, 0.15) is 11.6 Å². The van der Waals surface area contributed by atoms with Crippen molar-refractivity contribution < 1.29 is 5.11 Å². The van der Waals surface area contributed by atoms with E-state index in [1.807, 2.05) is 6.92 Å². The highest BCUT2D eigenvalue weighted by Gasteiger charge is 2.17. The van der Waals surface area contributed by atoms with E-state index < -0.39 is 5.60 Å². The summed E-state index contributed by atoms with van der Waals surface area (Å²) in [4.78, 5) is 20.1. The van der Waals surface area contributed by atoms with Crippen LogP contribution in [0.1, 0.15) is 26.6 Å². The van der Waals surface area contributed by atoms with E-state index in [-0.39, 0.29) is 5.56 Å². The molecular weight excluding hydrogens is 206 g/mol. The number of nitrogens with one attached hydrogen (secondary N) is 1. The molecule has 90 valence electrons. The Balaban J connectivity index is 2.95. The van der Waals surface area contributed by atoms with Gasteiger partial charge < -0.3 is 15.0 Å². The Morgan fingerprint density at radius 2 is 2.19 bits per heavy atom. The number of aromatic nitrogens is 2. The van der Waals surface area contributed by atoms with Crippen LogP contribution in [0.2, 0.25) is 0 Å². The quantitative estimate of drug-likeness (QED) is 0.784. The minimum absolute atomic E-state index is 0.163. The van der Waals surface area contributed by atoms with Gasteiger partial charge in [0, 0.05) is 26.1 Å². The molecule has 0 aromatic carbocycles. The number of H-pyrrole nitrogens is 1. The summed E-state index contributed by atoms with van der Waals surface area (Å²) in [5, 5.41) is 9.69. The van der Waals surface area contributed by atoms with E-state index >= 15 is 0 Å². The lowest BCUT2D eigenvalue weighted by atomic mass is 10.1. The minimum Gasteiger partial charge on any atom is -0.389 e. The molecule has 1 aromatic heterocycles. The summed E-state index contributed by atoms with van der Waals surface area (Å²) < 4.78 is 0. The summed E-state index contributed by atoms with van der Waals surface area (Å²) in [6, 6.07) is 1.44. The molecule has 0 saturated carbocycles. The SMILES string of the molecule is CCc1nc(N(C)CC(C)(C)O)cc(=O)[nH]1. The number of nitrogens with zero attached hydrogens (tertiary/aromatic N) is 2. The summed E-state index contributed by atoms with van der Waals surface area (Å²) in [5.74, 6) is 1.24. The van der Waals surface area contributed by atoms with Gasteiger partial charge in [0.25, 0.3) is 5.56 Å². The average Bonchev–Trinajstić information content (AvgIpc) is 2.14. The van der Waals surface area contributed by atoms with Crippen molar-refractivity contribution >= 4 is 5.82 Å². The van der Waals surface area contributed by atoms with Crippen LogP contribution >= 0.6 is 0 Å². The number of hydrogen-bond donors (Lipinski definition) is 2. The minimum atomic E-state index is -0.814. The van der Waals surface area contributed by atoms with Crippen molar-refractivity contribution in [3.8, 4) is 0 Å². The maximum Gasteiger partial charge on any atom is 0.252 e. The zero-order valence-electron chi connectivity index (χ0n) is 10.2. The molecule has 0 atom stereocenters. The number of rotatable bonds is 4.